The Hall–Kier alpha value is -2.49. The van der Waals surface area contributed by atoms with E-state index in [2.05, 4.69) is 5.32 Å². The molecule has 0 spiro atoms. The first-order valence-electron chi connectivity index (χ1n) is 10.7. The smallest absolute Gasteiger partial charge is 0.244 e. The van der Waals surface area contributed by atoms with Gasteiger partial charge < -0.3 is 15.0 Å². The van der Waals surface area contributed by atoms with Gasteiger partial charge in [0.15, 0.2) is 0 Å². The van der Waals surface area contributed by atoms with Crippen molar-refractivity contribution in [3.8, 4) is 5.75 Å². The molecule has 0 aliphatic carbocycles. The average molecular weight is 530 g/mol. The Morgan fingerprint density at radius 1 is 1.09 bits per heavy atom. The quantitative estimate of drug-likeness (QED) is 0.478. The second-order valence-corrected chi connectivity index (χ2v) is 10.2. The topological polar surface area (TPSA) is 96.0 Å². The van der Waals surface area contributed by atoms with Crippen molar-refractivity contribution in [1.29, 1.82) is 0 Å². The molecule has 0 heterocycles. The number of sulfonamides is 1. The molecule has 0 radical (unpaired) electrons. The monoisotopic (exact) mass is 529 g/mol. The van der Waals surface area contributed by atoms with Gasteiger partial charge in [0, 0.05) is 13.1 Å². The van der Waals surface area contributed by atoms with Crippen LogP contribution in [0.3, 0.4) is 0 Å². The molecule has 1 atom stereocenters. The lowest BCUT2D eigenvalue weighted by Gasteiger charge is -2.31. The van der Waals surface area contributed by atoms with Gasteiger partial charge in [0.1, 0.15) is 18.3 Å². The van der Waals surface area contributed by atoms with Crippen molar-refractivity contribution in [2.24, 2.45) is 0 Å². The van der Waals surface area contributed by atoms with Crippen LogP contribution in [0.15, 0.2) is 42.5 Å². The van der Waals surface area contributed by atoms with Crippen molar-refractivity contribution in [1.82, 2.24) is 10.2 Å². The first-order valence-corrected chi connectivity index (χ1v) is 13.3. The normalized spacial score (nSPS) is 12.1. The number of halogens is 2. The lowest BCUT2D eigenvalue weighted by atomic mass is 10.1. The van der Waals surface area contributed by atoms with E-state index in [9.17, 15) is 18.0 Å². The van der Waals surface area contributed by atoms with Gasteiger partial charge in [-0.25, -0.2) is 8.42 Å². The van der Waals surface area contributed by atoms with Crippen molar-refractivity contribution in [3.05, 3.63) is 58.1 Å². The number of amides is 2. The Morgan fingerprint density at radius 2 is 1.76 bits per heavy atom. The number of anilines is 1. The van der Waals surface area contributed by atoms with Crippen LogP contribution in [-0.4, -0.2) is 57.1 Å². The molecule has 2 amide bonds. The molecule has 11 heteroatoms. The van der Waals surface area contributed by atoms with Crippen LogP contribution in [0.1, 0.15) is 26.3 Å². The molecule has 0 saturated heterocycles. The molecule has 0 aliphatic rings. The number of ether oxygens (including phenoxy) is 1. The molecular weight excluding hydrogens is 501 g/mol. The molecular formula is C23H29Cl2N3O5S. The highest BCUT2D eigenvalue weighted by Gasteiger charge is 2.31. The molecule has 0 fully saturated rings. The fourth-order valence-corrected chi connectivity index (χ4v) is 4.45. The van der Waals surface area contributed by atoms with Gasteiger partial charge in [-0.05, 0) is 50.6 Å². The van der Waals surface area contributed by atoms with E-state index in [1.165, 1.54) is 4.90 Å². The van der Waals surface area contributed by atoms with E-state index in [-0.39, 0.29) is 18.1 Å². The number of likely N-dealkylation sites (N-methyl/N-ethyl adjacent to an activating group) is 1. The van der Waals surface area contributed by atoms with Crippen molar-refractivity contribution in [2.45, 2.75) is 33.4 Å². The maximum Gasteiger partial charge on any atom is 0.244 e. The SMILES string of the molecule is CCNC(=O)[C@@H](C)N(Cc1ccc(Cl)c(Cl)c1)C(=O)CN(c1ccccc1OCC)S(C)(=O)=O. The summed E-state index contributed by atoms with van der Waals surface area (Å²) in [6.45, 7) is 5.34. The molecule has 186 valence electrons. The minimum Gasteiger partial charge on any atom is -0.492 e. The highest BCUT2D eigenvalue weighted by Crippen LogP contribution is 2.30. The largest absolute Gasteiger partial charge is 0.492 e. The summed E-state index contributed by atoms with van der Waals surface area (Å²) in [4.78, 5) is 27.4. The lowest BCUT2D eigenvalue weighted by Crippen LogP contribution is -2.51. The molecule has 0 bridgehead atoms. The zero-order chi connectivity index (χ0) is 25.5. The van der Waals surface area contributed by atoms with Crippen LogP contribution >= 0.6 is 23.2 Å². The third kappa shape index (κ3) is 7.25. The van der Waals surface area contributed by atoms with Crippen LogP contribution in [0.5, 0.6) is 5.75 Å². The number of nitrogens with zero attached hydrogens (tertiary/aromatic N) is 2. The molecule has 2 aromatic carbocycles. The summed E-state index contributed by atoms with van der Waals surface area (Å²) in [5.41, 5.74) is 0.875. The van der Waals surface area contributed by atoms with Gasteiger partial charge in [-0.15, -0.1) is 0 Å². The van der Waals surface area contributed by atoms with Crippen molar-refractivity contribution in [3.63, 3.8) is 0 Å². The fraction of sp³-hybridized carbons (Fsp3) is 0.391. The molecule has 0 unspecified atom stereocenters. The third-order valence-electron chi connectivity index (χ3n) is 4.97. The number of nitrogens with one attached hydrogen (secondary N) is 1. The summed E-state index contributed by atoms with van der Waals surface area (Å²) in [7, 11) is -3.86. The van der Waals surface area contributed by atoms with Crippen molar-refractivity contribution >= 4 is 50.7 Å². The predicted molar refractivity (Wildman–Crippen MR) is 135 cm³/mol. The highest BCUT2D eigenvalue weighted by molar-refractivity contribution is 7.92. The highest BCUT2D eigenvalue weighted by atomic mass is 35.5. The molecule has 0 aromatic heterocycles. The summed E-state index contributed by atoms with van der Waals surface area (Å²) in [6.07, 6.45) is 1.01. The van der Waals surface area contributed by atoms with E-state index in [0.717, 1.165) is 10.6 Å². The van der Waals surface area contributed by atoms with Crippen LogP contribution in [0, 0.1) is 0 Å². The Kier molecular flexibility index (Phi) is 10.0. The van der Waals surface area contributed by atoms with Gasteiger partial charge in [0.25, 0.3) is 0 Å². The zero-order valence-corrected chi connectivity index (χ0v) is 21.9. The molecule has 34 heavy (non-hydrogen) atoms. The zero-order valence-electron chi connectivity index (χ0n) is 19.5. The molecule has 0 saturated carbocycles. The van der Waals surface area contributed by atoms with E-state index in [1.807, 2.05) is 0 Å². The number of para-hydroxylation sites is 2. The summed E-state index contributed by atoms with van der Waals surface area (Å²) < 4.78 is 31.9. The van der Waals surface area contributed by atoms with Gasteiger partial charge in [0.05, 0.1) is 28.6 Å². The first kappa shape index (κ1) is 27.8. The van der Waals surface area contributed by atoms with Crippen molar-refractivity contribution < 1.29 is 22.7 Å². The van der Waals surface area contributed by atoms with E-state index in [1.54, 1.807) is 63.2 Å². The Bertz CT molecular complexity index is 1130. The minimum atomic E-state index is -3.86. The van der Waals surface area contributed by atoms with Crippen molar-refractivity contribution in [2.75, 3.05) is 30.3 Å². The van der Waals surface area contributed by atoms with Gasteiger partial charge in [-0.1, -0.05) is 41.4 Å². The third-order valence-corrected chi connectivity index (χ3v) is 6.83. The summed E-state index contributed by atoms with van der Waals surface area (Å²) in [5.74, 6) is -0.603. The van der Waals surface area contributed by atoms with Crippen LogP contribution in [0.25, 0.3) is 0 Å². The van der Waals surface area contributed by atoms with Crippen LogP contribution in [0.2, 0.25) is 10.0 Å². The summed E-state index contributed by atoms with van der Waals surface area (Å²) in [5, 5.41) is 3.36. The second-order valence-electron chi connectivity index (χ2n) is 7.51. The number of hydrogen-bond acceptors (Lipinski definition) is 5. The Labute approximate surface area is 210 Å². The Morgan fingerprint density at radius 3 is 2.35 bits per heavy atom. The number of carbonyl (C=O) groups excluding carboxylic acids is 2. The van der Waals surface area contributed by atoms with Crippen LogP contribution < -0.4 is 14.4 Å². The average Bonchev–Trinajstić information content (AvgIpc) is 2.77. The maximum atomic E-state index is 13.5. The molecule has 1 N–H and O–H groups in total. The standard InChI is InChI=1S/C23H29Cl2N3O5S/c1-5-26-23(30)16(3)27(14-17-11-12-18(24)19(25)13-17)22(29)15-28(34(4,31)32)20-9-7-8-10-21(20)33-6-2/h7-13,16H,5-6,14-15H2,1-4H3,(H,26,30)/t16-/m1/s1. The van der Waals surface area contributed by atoms with Gasteiger partial charge >= 0.3 is 0 Å². The van der Waals surface area contributed by atoms with E-state index in [0.29, 0.717) is 34.5 Å². The van der Waals surface area contributed by atoms with E-state index >= 15 is 0 Å². The van der Waals surface area contributed by atoms with E-state index in [4.69, 9.17) is 27.9 Å². The minimum absolute atomic E-state index is 0.0265. The Balaban J connectivity index is 2.45. The van der Waals surface area contributed by atoms with Gasteiger partial charge in [0.2, 0.25) is 21.8 Å². The molecule has 2 rings (SSSR count). The summed E-state index contributed by atoms with van der Waals surface area (Å²) >= 11 is 12.1. The summed E-state index contributed by atoms with van der Waals surface area (Å²) in [6, 6.07) is 10.6. The number of hydrogen-bond donors (Lipinski definition) is 1. The number of rotatable bonds is 11. The van der Waals surface area contributed by atoms with Crippen LogP contribution in [0.4, 0.5) is 5.69 Å². The lowest BCUT2D eigenvalue weighted by molar-refractivity contribution is -0.139. The second kappa shape index (κ2) is 12.3. The molecule has 2 aromatic rings. The first-order chi connectivity index (χ1) is 16.0. The molecule has 8 nitrogen and oxygen atoms in total. The molecule has 0 aliphatic heterocycles. The van der Waals surface area contributed by atoms with Crippen LogP contribution in [-0.2, 0) is 26.2 Å². The predicted octanol–water partition coefficient (Wildman–Crippen LogP) is 3.71. The number of benzene rings is 2. The maximum absolute atomic E-state index is 13.5. The van der Waals surface area contributed by atoms with E-state index < -0.39 is 28.5 Å². The number of carbonyl (C=O) groups is 2. The van der Waals surface area contributed by atoms with Gasteiger partial charge in [-0.2, -0.15) is 0 Å². The van der Waals surface area contributed by atoms with Gasteiger partial charge in [-0.3, -0.25) is 13.9 Å². The fourth-order valence-electron chi connectivity index (χ4n) is 3.27.